The number of rotatable bonds is 9. The zero-order valence-corrected chi connectivity index (χ0v) is 19.4. The highest BCUT2D eigenvalue weighted by Gasteiger charge is 2.12. The van der Waals surface area contributed by atoms with E-state index >= 15 is 0 Å². The van der Waals surface area contributed by atoms with Gasteiger partial charge in [0.25, 0.3) is 0 Å². The lowest BCUT2D eigenvalue weighted by atomic mass is 10.1. The number of ether oxygens (including phenoxy) is 3. The minimum absolute atomic E-state index is 0.0190. The van der Waals surface area contributed by atoms with Crippen molar-refractivity contribution in [2.75, 3.05) is 20.3 Å². The van der Waals surface area contributed by atoms with Crippen LogP contribution >= 0.6 is 0 Å². The summed E-state index contributed by atoms with van der Waals surface area (Å²) in [6.45, 7) is 7.08. The molecule has 0 aromatic rings. The molecule has 1 aliphatic heterocycles. The highest BCUT2D eigenvalue weighted by molar-refractivity contribution is 5.69. The molecular formula is C24H46O5. The van der Waals surface area contributed by atoms with Gasteiger partial charge in [0.15, 0.2) is 6.29 Å². The fourth-order valence-corrected chi connectivity index (χ4v) is 3.29. The predicted molar refractivity (Wildman–Crippen MR) is 119 cm³/mol. The van der Waals surface area contributed by atoms with Gasteiger partial charge in [-0.1, -0.05) is 31.4 Å². The molecule has 1 N–H and O–H groups in total. The fourth-order valence-electron chi connectivity index (χ4n) is 3.29. The number of hydrogen-bond acceptors (Lipinski definition) is 5. The third-order valence-corrected chi connectivity index (χ3v) is 4.99. The third kappa shape index (κ3) is 18.8. The first-order valence-electron chi connectivity index (χ1n) is 11.6. The average molecular weight is 415 g/mol. The van der Waals surface area contributed by atoms with Crippen LogP contribution in [0.25, 0.3) is 0 Å². The van der Waals surface area contributed by atoms with E-state index in [-0.39, 0.29) is 18.4 Å². The molecule has 1 aliphatic carbocycles. The van der Waals surface area contributed by atoms with Crippen molar-refractivity contribution in [1.29, 1.82) is 0 Å². The highest BCUT2D eigenvalue weighted by atomic mass is 16.7. The van der Waals surface area contributed by atoms with E-state index in [1.807, 2.05) is 20.8 Å². The van der Waals surface area contributed by atoms with Crippen molar-refractivity contribution in [2.45, 2.75) is 110 Å². The van der Waals surface area contributed by atoms with Crippen LogP contribution in [-0.2, 0) is 19.0 Å². The van der Waals surface area contributed by atoms with Crippen LogP contribution in [0.4, 0.5) is 0 Å². The molecule has 0 spiro atoms. The standard InChI is InChI=1S/C12H22O2.C6H12O2.C6H12O/c1-4-5-6-7-8-9-10-12(13)14-11(2)3;1-7-6-4-2-3-5-8-6;7-5-6-3-1-2-4-6/h4-5,11H,6-10H2,1-3H3;6H,2-5H2,1H3;6-7H,1-5H2/b5-4-;;. The zero-order chi connectivity index (χ0) is 21.7. The molecule has 0 aromatic carbocycles. The largest absolute Gasteiger partial charge is 0.463 e. The van der Waals surface area contributed by atoms with Crippen LogP contribution in [0.1, 0.15) is 97.8 Å². The van der Waals surface area contributed by atoms with E-state index in [0.717, 1.165) is 32.3 Å². The lowest BCUT2D eigenvalue weighted by molar-refractivity contribution is -0.147. The van der Waals surface area contributed by atoms with Gasteiger partial charge in [-0.05, 0) is 78.1 Å². The Morgan fingerprint density at radius 1 is 1.10 bits per heavy atom. The van der Waals surface area contributed by atoms with E-state index in [4.69, 9.17) is 19.3 Å². The zero-order valence-electron chi connectivity index (χ0n) is 19.4. The first-order chi connectivity index (χ1) is 14.0. The maximum atomic E-state index is 11.1. The molecule has 1 saturated carbocycles. The summed E-state index contributed by atoms with van der Waals surface area (Å²) in [7, 11) is 1.69. The van der Waals surface area contributed by atoms with Gasteiger partial charge < -0.3 is 19.3 Å². The predicted octanol–water partition coefficient (Wildman–Crippen LogP) is 5.79. The van der Waals surface area contributed by atoms with Gasteiger partial charge in [-0.2, -0.15) is 0 Å². The number of aliphatic hydroxyl groups is 1. The molecule has 0 aromatic heterocycles. The molecule has 0 amide bonds. The Balaban J connectivity index is 0.000000438. The number of methoxy groups -OCH3 is 1. The molecule has 2 fully saturated rings. The van der Waals surface area contributed by atoms with Crippen molar-refractivity contribution in [3.8, 4) is 0 Å². The number of esters is 1. The Labute approximate surface area is 179 Å². The van der Waals surface area contributed by atoms with Gasteiger partial charge >= 0.3 is 5.97 Å². The smallest absolute Gasteiger partial charge is 0.306 e. The number of aliphatic hydroxyl groups excluding tert-OH is 1. The van der Waals surface area contributed by atoms with Crippen LogP contribution in [0.15, 0.2) is 12.2 Å². The van der Waals surface area contributed by atoms with E-state index in [1.165, 1.54) is 44.9 Å². The average Bonchev–Trinajstić information content (AvgIpc) is 3.26. The minimum Gasteiger partial charge on any atom is -0.463 e. The summed E-state index contributed by atoms with van der Waals surface area (Å²) in [5.74, 6) is 0.589. The van der Waals surface area contributed by atoms with Gasteiger partial charge in [0, 0.05) is 26.7 Å². The van der Waals surface area contributed by atoms with Crippen molar-refractivity contribution >= 4 is 5.97 Å². The van der Waals surface area contributed by atoms with Crippen molar-refractivity contribution < 1.29 is 24.1 Å². The molecule has 29 heavy (non-hydrogen) atoms. The Kier molecular flexibility index (Phi) is 19.7. The Morgan fingerprint density at radius 3 is 2.24 bits per heavy atom. The Morgan fingerprint density at radius 2 is 1.79 bits per heavy atom. The topological polar surface area (TPSA) is 65.0 Å². The second kappa shape index (κ2) is 20.4. The van der Waals surface area contributed by atoms with E-state index in [9.17, 15) is 4.79 Å². The van der Waals surface area contributed by atoms with Crippen LogP contribution in [0.3, 0.4) is 0 Å². The van der Waals surface area contributed by atoms with Gasteiger partial charge in [-0.15, -0.1) is 0 Å². The van der Waals surface area contributed by atoms with Crippen LogP contribution in [0, 0.1) is 5.92 Å². The summed E-state index contributed by atoms with van der Waals surface area (Å²) in [5, 5.41) is 8.57. The molecule has 5 heteroatoms. The molecule has 1 heterocycles. The van der Waals surface area contributed by atoms with Gasteiger partial charge in [-0.3, -0.25) is 4.79 Å². The molecule has 2 aliphatic rings. The third-order valence-electron chi connectivity index (χ3n) is 4.99. The maximum absolute atomic E-state index is 11.1. The van der Waals surface area contributed by atoms with E-state index in [0.29, 0.717) is 18.9 Å². The number of carbonyl (C=O) groups excluding carboxylic acids is 1. The lowest BCUT2D eigenvalue weighted by Crippen LogP contribution is -2.20. The molecule has 1 unspecified atom stereocenters. The molecule has 1 saturated heterocycles. The van der Waals surface area contributed by atoms with E-state index in [2.05, 4.69) is 12.2 Å². The van der Waals surface area contributed by atoms with E-state index < -0.39 is 0 Å². The SMILES string of the molecule is C/C=C\CCCCCC(=O)OC(C)C.COC1CCCCO1.OCC1CCCC1. The van der Waals surface area contributed by atoms with Crippen LogP contribution < -0.4 is 0 Å². The minimum atomic E-state index is -0.0639. The van der Waals surface area contributed by atoms with Crippen molar-refractivity contribution in [2.24, 2.45) is 5.92 Å². The summed E-state index contributed by atoms with van der Waals surface area (Å²) < 4.78 is 15.2. The summed E-state index contributed by atoms with van der Waals surface area (Å²) >= 11 is 0. The number of carbonyl (C=O) groups is 1. The van der Waals surface area contributed by atoms with Crippen molar-refractivity contribution in [1.82, 2.24) is 0 Å². The monoisotopic (exact) mass is 414 g/mol. The quantitative estimate of drug-likeness (QED) is 0.294. The fraction of sp³-hybridized carbons (Fsp3) is 0.875. The molecule has 0 bridgehead atoms. The van der Waals surface area contributed by atoms with Crippen LogP contribution in [0.2, 0.25) is 0 Å². The number of hydrogen-bond donors (Lipinski definition) is 1. The van der Waals surface area contributed by atoms with E-state index in [1.54, 1.807) is 7.11 Å². The van der Waals surface area contributed by atoms with Crippen molar-refractivity contribution in [3.63, 3.8) is 0 Å². The lowest BCUT2D eigenvalue weighted by Gasteiger charge is -2.20. The first-order valence-corrected chi connectivity index (χ1v) is 11.6. The molecule has 1 atom stereocenters. The number of allylic oxidation sites excluding steroid dienone is 2. The maximum Gasteiger partial charge on any atom is 0.306 e. The van der Waals surface area contributed by atoms with Gasteiger partial charge in [0.1, 0.15) is 0 Å². The molecule has 0 radical (unpaired) electrons. The summed E-state index contributed by atoms with van der Waals surface area (Å²) in [6.07, 6.45) is 17.9. The van der Waals surface area contributed by atoms with Crippen molar-refractivity contribution in [3.05, 3.63) is 12.2 Å². The number of unbranched alkanes of at least 4 members (excludes halogenated alkanes) is 3. The molecule has 172 valence electrons. The van der Waals surface area contributed by atoms with Crippen LogP contribution in [-0.4, -0.2) is 43.8 Å². The normalized spacial score (nSPS) is 19.4. The summed E-state index contributed by atoms with van der Waals surface area (Å²) in [6, 6.07) is 0. The molecule has 5 nitrogen and oxygen atoms in total. The summed E-state index contributed by atoms with van der Waals surface area (Å²) in [5.41, 5.74) is 0. The second-order valence-corrected chi connectivity index (χ2v) is 8.07. The first kappa shape index (κ1) is 28.1. The molecule has 2 rings (SSSR count). The van der Waals surface area contributed by atoms with Crippen LogP contribution in [0.5, 0.6) is 0 Å². The van der Waals surface area contributed by atoms with Gasteiger partial charge in [-0.25, -0.2) is 0 Å². The van der Waals surface area contributed by atoms with Gasteiger partial charge in [0.05, 0.1) is 6.10 Å². The Hall–Kier alpha value is -0.910. The summed E-state index contributed by atoms with van der Waals surface area (Å²) in [4.78, 5) is 11.1. The Bertz CT molecular complexity index is 383. The molecular weight excluding hydrogens is 368 g/mol. The highest BCUT2D eigenvalue weighted by Crippen LogP contribution is 2.23. The van der Waals surface area contributed by atoms with Gasteiger partial charge in [0.2, 0.25) is 0 Å². The second-order valence-electron chi connectivity index (χ2n) is 8.07.